The Kier molecular flexibility index (Phi) is 4.57. The van der Waals surface area contributed by atoms with Crippen LogP contribution in [-0.4, -0.2) is 14.9 Å². The number of hydrogen-bond donors (Lipinski definition) is 0. The third-order valence-corrected chi connectivity index (χ3v) is 3.91. The summed E-state index contributed by atoms with van der Waals surface area (Å²) in [5, 5.41) is 11.6. The van der Waals surface area contributed by atoms with Gasteiger partial charge in [0.25, 0.3) is 5.69 Å². The minimum Gasteiger partial charge on any atom is -0.258 e. The average molecular weight is 310 g/mol. The van der Waals surface area contributed by atoms with Gasteiger partial charge in [-0.15, -0.1) is 0 Å². The van der Waals surface area contributed by atoms with Gasteiger partial charge in [0.05, 0.1) is 4.92 Å². The number of nitrogens with zero attached hydrogens (tertiary/aromatic N) is 3. The summed E-state index contributed by atoms with van der Waals surface area (Å²) in [4.78, 5) is 19.0. The number of nitro benzene ring substituents is 1. The SMILES string of the molecule is Cc1cc(C)nc(SCc2cccc([N+](=O)[O-])c2Cl)n1. The number of halogens is 1. The average Bonchev–Trinajstić information content (AvgIpc) is 2.36. The van der Waals surface area contributed by atoms with Crippen molar-refractivity contribution in [3.05, 3.63) is 56.4 Å². The Hall–Kier alpha value is -1.66. The summed E-state index contributed by atoms with van der Waals surface area (Å²) >= 11 is 7.44. The highest BCUT2D eigenvalue weighted by atomic mass is 35.5. The van der Waals surface area contributed by atoms with E-state index in [4.69, 9.17) is 11.6 Å². The van der Waals surface area contributed by atoms with Crippen molar-refractivity contribution >= 4 is 29.1 Å². The van der Waals surface area contributed by atoms with Crippen molar-refractivity contribution in [1.29, 1.82) is 0 Å². The summed E-state index contributed by atoms with van der Waals surface area (Å²) < 4.78 is 0. The number of aryl methyl sites for hydroxylation is 2. The lowest BCUT2D eigenvalue weighted by molar-refractivity contribution is -0.384. The third kappa shape index (κ3) is 3.46. The first-order chi connectivity index (χ1) is 9.47. The Balaban J connectivity index is 2.19. The smallest absolute Gasteiger partial charge is 0.258 e. The highest BCUT2D eigenvalue weighted by molar-refractivity contribution is 7.98. The van der Waals surface area contributed by atoms with Crippen LogP contribution in [0.4, 0.5) is 5.69 Å². The summed E-state index contributed by atoms with van der Waals surface area (Å²) in [5.74, 6) is 0.489. The van der Waals surface area contributed by atoms with Gasteiger partial charge in [0.2, 0.25) is 0 Å². The van der Waals surface area contributed by atoms with E-state index in [0.717, 1.165) is 11.4 Å². The first-order valence-electron chi connectivity index (χ1n) is 5.84. The zero-order valence-corrected chi connectivity index (χ0v) is 12.5. The van der Waals surface area contributed by atoms with Crippen molar-refractivity contribution in [2.75, 3.05) is 0 Å². The predicted octanol–water partition coefficient (Wildman–Crippen LogP) is 3.95. The van der Waals surface area contributed by atoms with Crippen molar-refractivity contribution in [2.45, 2.75) is 24.8 Å². The lowest BCUT2D eigenvalue weighted by Gasteiger charge is -2.05. The van der Waals surface area contributed by atoms with Crippen molar-refractivity contribution in [2.24, 2.45) is 0 Å². The Morgan fingerprint density at radius 1 is 1.30 bits per heavy atom. The van der Waals surface area contributed by atoms with E-state index in [0.29, 0.717) is 16.5 Å². The highest BCUT2D eigenvalue weighted by Gasteiger charge is 2.15. The van der Waals surface area contributed by atoms with Gasteiger partial charge in [-0.2, -0.15) is 0 Å². The lowest BCUT2D eigenvalue weighted by Crippen LogP contribution is -1.95. The predicted molar refractivity (Wildman–Crippen MR) is 79.2 cm³/mol. The number of aromatic nitrogens is 2. The number of benzene rings is 1. The molecule has 0 saturated heterocycles. The molecule has 0 N–H and O–H groups in total. The summed E-state index contributed by atoms with van der Waals surface area (Å²) in [7, 11) is 0. The summed E-state index contributed by atoms with van der Waals surface area (Å²) in [6.45, 7) is 3.80. The van der Waals surface area contributed by atoms with Gasteiger partial charge in [0, 0.05) is 23.2 Å². The largest absolute Gasteiger partial charge is 0.288 e. The Morgan fingerprint density at radius 2 is 1.95 bits per heavy atom. The van der Waals surface area contributed by atoms with Gasteiger partial charge >= 0.3 is 0 Å². The fourth-order valence-corrected chi connectivity index (χ4v) is 3.00. The molecule has 104 valence electrons. The molecule has 0 unspecified atom stereocenters. The van der Waals surface area contributed by atoms with Crippen LogP contribution < -0.4 is 0 Å². The maximum Gasteiger partial charge on any atom is 0.288 e. The van der Waals surface area contributed by atoms with Crippen LogP contribution in [0.2, 0.25) is 5.02 Å². The van der Waals surface area contributed by atoms with Crippen LogP contribution in [0, 0.1) is 24.0 Å². The van der Waals surface area contributed by atoms with Gasteiger partial charge in [-0.05, 0) is 25.5 Å². The standard InChI is InChI=1S/C13H12ClN3O2S/c1-8-6-9(2)16-13(15-8)20-7-10-4-3-5-11(12(10)14)17(18)19/h3-6H,7H2,1-2H3. The fourth-order valence-electron chi connectivity index (χ4n) is 1.72. The number of rotatable bonds is 4. The minimum absolute atomic E-state index is 0.0777. The van der Waals surface area contributed by atoms with Crippen LogP contribution in [0.1, 0.15) is 17.0 Å². The Labute approximate surface area is 125 Å². The minimum atomic E-state index is -0.482. The van der Waals surface area contributed by atoms with E-state index in [2.05, 4.69) is 9.97 Å². The third-order valence-electron chi connectivity index (χ3n) is 2.57. The second-order valence-electron chi connectivity index (χ2n) is 4.23. The first-order valence-corrected chi connectivity index (χ1v) is 7.20. The molecule has 1 aromatic carbocycles. The van der Waals surface area contributed by atoms with E-state index >= 15 is 0 Å². The molecule has 0 fully saturated rings. The highest BCUT2D eigenvalue weighted by Crippen LogP contribution is 2.31. The molecule has 0 aliphatic heterocycles. The van der Waals surface area contributed by atoms with Gasteiger partial charge in [-0.25, -0.2) is 9.97 Å². The quantitative estimate of drug-likeness (QED) is 0.370. The second kappa shape index (κ2) is 6.19. The second-order valence-corrected chi connectivity index (χ2v) is 5.55. The van der Waals surface area contributed by atoms with E-state index in [-0.39, 0.29) is 10.7 Å². The first kappa shape index (κ1) is 14.7. The monoisotopic (exact) mass is 309 g/mol. The van der Waals surface area contributed by atoms with Gasteiger partial charge in [-0.1, -0.05) is 35.5 Å². The molecule has 0 radical (unpaired) electrons. The molecule has 7 heteroatoms. The van der Waals surface area contributed by atoms with Gasteiger partial charge < -0.3 is 0 Å². The van der Waals surface area contributed by atoms with E-state index in [1.165, 1.54) is 17.8 Å². The summed E-state index contributed by atoms with van der Waals surface area (Å²) in [6.07, 6.45) is 0. The van der Waals surface area contributed by atoms with E-state index < -0.39 is 4.92 Å². The Morgan fingerprint density at radius 3 is 2.55 bits per heavy atom. The Bertz CT molecular complexity index is 644. The maximum atomic E-state index is 10.8. The molecule has 1 aromatic heterocycles. The van der Waals surface area contributed by atoms with Crippen LogP contribution in [0.3, 0.4) is 0 Å². The van der Waals surface area contributed by atoms with Gasteiger partial charge in [-0.3, -0.25) is 10.1 Å². The molecule has 1 heterocycles. The van der Waals surface area contributed by atoms with Crippen molar-refractivity contribution in [3.8, 4) is 0 Å². The number of thioether (sulfide) groups is 1. The lowest BCUT2D eigenvalue weighted by atomic mass is 10.2. The molecular weight excluding hydrogens is 298 g/mol. The fraction of sp³-hybridized carbons (Fsp3) is 0.231. The molecule has 0 atom stereocenters. The molecule has 0 saturated carbocycles. The number of hydrogen-bond acceptors (Lipinski definition) is 5. The van der Waals surface area contributed by atoms with Crippen molar-refractivity contribution in [1.82, 2.24) is 9.97 Å². The summed E-state index contributed by atoms with van der Waals surface area (Å²) in [5.41, 5.74) is 2.41. The molecule has 20 heavy (non-hydrogen) atoms. The molecule has 0 amide bonds. The van der Waals surface area contributed by atoms with Crippen LogP contribution in [0.15, 0.2) is 29.4 Å². The topological polar surface area (TPSA) is 68.9 Å². The zero-order valence-electron chi connectivity index (χ0n) is 11.0. The molecular formula is C13H12ClN3O2S. The van der Waals surface area contributed by atoms with E-state index in [1.54, 1.807) is 12.1 Å². The van der Waals surface area contributed by atoms with Crippen LogP contribution in [0.25, 0.3) is 0 Å². The maximum absolute atomic E-state index is 10.8. The van der Waals surface area contributed by atoms with Crippen LogP contribution in [0.5, 0.6) is 0 Å². The van der Waals surface area contributed by atoms with E-state index in [1.807, 2.05) is 19.9 Å². The van der Waals surface area contributed by atoms with Gasteiger partial charge in [0.15, 0.2) is 5.16 Å². The number of nitro groups is 1. The normalized spacial score (nSPS) is 10.6. The molecule has 2 rings (SSSR count). The van der Waals surface area contributed by atoms with Gasteiger partial charge in [0.1, 0.15) is 5.02 Å². The molecule has 0 spiro atoms. The summed E-state index contributed by atoms with van der Waals surface area (Å²) in [6, 6.07) is 6.68. The van der Waals surface area contributed by atoms with E-state index in [9.17, 15) is 10.1 Å². The van der Waals surface area contributed by atoms with Crippen molar-refractivity contribution < 1.29 is 4.92 Å². The van der Waals surface area contributed by atoms with Crippen LogP contribution >= 0.6 is 23.4 Å². The molecule has 0 aliphatic rings. The molecule has 5 nitrogen and oxygen atoms in total. The van der Waals surface area contributed by atoms with Crippen molar-refractivity contribution in [3.63, 3.8) is 0 Å². The molecule has 0 aliphatic carbocycles. The molecule has 2 aromatic rings. The van der Waals surface area contributed by atoms with Crippen LogP contribution in [-0.2, 0) is 5.75 Å². The molecule has 0 bridgehead atoms. The zero-order chi connectivity index (χ0) is 14.7.